The number of rotatable bonds is 9. The molecule has 15 heavy (non-hydrogen) atoms. The van der Waals surface area contributed by atoms with Crippen LogP contribution in [0.2, 0.25) is 0 Å². The molecule has 0 aliphatic heterocycles. The fraction of sp³-hybridized carbons (Fsp3) is 0.900. The molecule has 0 saturated carbocycles. The van der Waals surface area contributed by atoms with Crippen molar-refractivity contribution in [1.29, 1.82) is 0 Å². The van der Waals surface area contributed by atoms with Crippen LogP contribution >= 0.6 is 0 Å². The van der Waals surface area contributed by atoms with Crippen LogP contribution in [0.15, 0.2) is 0 Å². The summed E-state index contributed by atoms with van der Waals surface area (Å²) >= 11 is 0. The van der Waals surface area contributed by atoms with Crippen LogP contribution in [0.1, 0.15) is 13.3 Å². The number of carboxylic acids is 1. The second-order valence-electron chi connectivity index (χ2n) is 3.60. The standard InChI is InChI=1S/C10H22N2O3/c1-4-5-11-9(10(13)14)8-12(2)6-7-15-3/h9,11H,4-8H2,1-3H3,(H,13,14). The molecule has 1 atom stereocenters. The molecule has 0 aliphatic carbocycles. The van der Waals surface area contributed by atoms with Crippen molar-refractivity contribution in [3.63, 3.8) is 0 Å². The first-order chi connectivity index (χ1) is 7.11. The maximum absolute atomic E-state index is 10.9. The van der Waals surface area contributed by atoms with E-state index in [4.69, 9.17) is 9.84 Å². The second-order valence-corrected chi connectivity index (χ2v) is 3.60. The van der Waals surface area contributed by atoms with Gasteiger partial charge < -0.3 is 20.1 Å². The Kier molecular flexibility index (Phi) is 8.27. The number of ether oxygens (including phenoxy) is 1. The molecule has 0 aromatic rings. The summed E-state index contributed by atoms with van der Waals surface area (Å²) in [5.41, 5.74) is 0. The van der Waals surface area contributed by atoms with Gasteiger partial charge in [0.1, 0.15) is 6.04 Å². The van der Waals surface area contributed by atoms with Crippen molar-refractivity contribution >= 4 is 5.97 Å². The van der Waals surface area contributed by atoms with Gasteiger partial charge in [0.2, 0.25) is 0 Å². The minimum absolute atomic E-state index is 0.494. The van der Waals surface area contributed by atoms with Gasteiger partial charge in [-0.1, -0.05) is 6.92 Å². The molecule has 5 heteroatoms. The van der Waals surface area contributed by atoms with E-state index in [0.29, 0.717) is 13.2 Å². The summed E-state index contributed by atoms with van der Waals surface area (Å²) in [6, 6.07) is -0.494. The number of aliphatic carboxylic acids is 1. The summed E-state index contributed by atoms with van der Waals surface area (Å²) < 4.78 is 4.93. The third-order valence-electron chi connectivity index (χ3n) is 2.11. The van der Waals surface area contributed by atoms with Crippen molar-refractivity contribution in [3.8, 4) is 0 Å². The van der Waals surface area contributed by atoms with Crippen molar-refractivity contribution in [2.45, 2.75) is 19.4 Å². The maximum atomic E-state index is 10.9. The monoisotopic (exact) mass is 218 g/mol. The van der Waals surface area contributed by atoms with Gasteiger partial charge in [-0.15, -0.1) is 0 Å². The molecule has 0 rings (SSSR count). The Morgan fingerprint density at radius 3 is 2.73 bits per heavy atom. The summed E-state index contributed by atoms with van der Waals surface area (Å²) in [4.78, 5) is 12.8. The lowest BCUT2D eigenvalue weighted by Crippen LogP contribution is -2.46. The summed E-state index contributed by atoms with van der Waals surface area (Å²) in [7, 11) is 3.53. The Balaban J connectivity index is 3.87. The van der Waals surface area contributed by atoms with Crippen molar-refractivity contribution in [2.75, 3.05) is 40.4 Å². The topological polar surface area (TPSA) is 61.8 Å². The predicted molar refractivity (Wildman–Crippen MR) is 59.1 cm³/mol. The van der Waals surface area contributed by atoms with E-state index in [1.807, 2.05) is 18.9 Å². The smallest absolute Gasteiger partial charge is 0.322 e. The van der Waals surface area contributed by atoms with Crippen LogP contribution in [0, 0.1) is 0 Å². The molecule has 0 aromatic carbocycles. The van der Waals surface area contributed by atoms with E-state index in [1.54, 1.807) is 7.11 Å². The van der Waals surface area contributed by atoms with E-state index in [1.165, 1.54) is 0 Å². The zero-order chi connectivity index (χ0) is 11.7. The lowest BCUT2D eigenvalue weighted by Gasteiger charge is -2.21. The minimum atomic E-state index is -0.798. The average Bonchev–Trinajstić information content (AvgIpc) is 2.20. The second kappa shape index (κ2) is 8.64. The lowest BCUT2D eigenvalue weighted by molar-refractivity contribution is -0.140. The summed E-state index contributed by atoms with van der Waals surface area (Å²) in [6.45, 7) is 4.61. The maximum Gasteiger partial charge on any atom is 0.322 e. The molecule has 0 saturated heterocycles. The zero-order valence-electron chi connectivity index (χ0n) is 9.82. The Morgan fingerprint density at radius 2 is 2.27 bits per heavy atom. The molecule has 5 nitrogen and oxygen atoms in total. The van der Waals surface area contributed by atoms with Crippen LogP contribution in [0.3, 0.4) is 0 Å². The normalized spacial score (nSPS) is 13.1. The van der Waals surface area contributed by atoms with Gasteiger partial charge in [-0.2, -0.15) is 0 Å². The van der Waals surface area contributed by atoms with Crippen molar-refractivity contribution in [3.05, 3.63) is 0 Å². The minimum Gasteiger partial charge on any atom is -0.480 e. The quantitative estimate of drug-likeness (QED) is 0.571. The van der Waals surface area contributed by atoms with Gasteiger partial charge in [0, 0.05) is 20.2 Å². The fourth-order valence-corrected chi connectivity index (χ4v) is 1.20. The lowest BCUT2D eigenvalue weighted by atomic mass is 10.2. The third-order valence-corrected chi connectivity index (χ3v) is 2.11. The Bertz CT molecular complexity index is 176. The van der Waals surface area contributed by atoms with Gasteiger partial charge >= 0.3 is 5.97 Å². The first-order valence-corrected chi connectivity index (χ1v) is 5.25. The number of likely N-dealkylation sites (N-methyl/N-ethyl adjacent to an activating group) is 1. The molecule has 0 aliphatic rings. The number of carbonyl (C=O) groups is 1. The molecule has 0 spiro atoms. The van der Waals surface area contributed by atoms with Crippen molar-refractivity contribution in [1.82, 2.24) is 10.2 Å². The van der Waals surface area contributed by atoms with Crippen molar-refractivity contribution < 1.29 is 14.6 Å². The van der Waals surface area contributed by atoms with E-state index in [2.05, 4.69) is 5.32 Å². The van der Waals surface area contributed by atoms with Crippen LogP contribution in [0.4, 0.5) is 0 Å². The molecular formula is C10H22N2O3. The molecule has 90 valence electrons. The molecule has 2 N–H and O–H groups in total. The largest absolute Gasteiger partial charge is 0.480 e. The predicted octanol–water partition coefficient (Wildman–Crippen LogP) is 0.0174. The Morgan fingerprint density at radius 1 is 1.60 bits per heavy atom. The molecule has 1 unspecified atom stereocenters. The van der Waals surface area contributed by atoms with Crippen LogP contribution in [-0.4, -0.2) is 62.4 Å². The zero-order valence-corrected chi connectivity index (χ0v) is 9.82. The SMILES string of the molecule is CCCNC(CN(C)CCOC)C(=O)O. The highest BCUT2D eigenvalue weighted by Crippen LogP contribution is 1.91. The number of hydrogen-bond acceptors (Lipinski definition) is 4. The highest BCUT2D eigenvalue weighted by Gasteiger charge is 2.17. The van der Waals surface area contributed by atoms with Gasteiger partial charge in [-0.25, -0.2) is 0 Å². The van der Waals surface area contributed by atoms with Gasteiger partial charge in [0.25, 0.3) is 0 Å². The van der Waals surface area contributed by atoms with Gasteiger partial charge in [0.05, 0.1) is 6.61 Å². The highest BCUT2D eigenvalue weighted by molar-refractivity contribution is 5.73. The average molecular weight is 218 g/mol. The van der Waals surface area contributed by atoms with Crippen molar-refractivity contribution in [2.24, 2.45) is 0 Å². The molecular weight excluding hydrogens is 196 g/mol. The molecule has 0 radical (unpaired) electrons. The Labute approximate surface area is 91.4 Å². The fourth-order valence-electron chi connectivity index (χ4n) is 1.20. The third kappa shape index (κ3) is 7.30. The van der Waals surface area contributed by atoms with Crippen LogP contribution in [-0.2, 0) is 9.53 Å². The van der Waals surface area contributed by atoms with Crippen LogP contribution < -0.4 is 5.32 Å². The van der Waals surface area contributed by atoms with Gasteiger partial charge in [0.15, 0.2) is 0 Å². The highest BCUT2D eigenvalue weighted by atomic mass is 16.5. The number of nitrogens with zero attached hydrogens (tertiary/aromatic N) is 1. The number of hydrogen-bond donors (Lipinski definition) is 2. The van der Waals surface area contributed by atoms with E-state index in [-0.39, 0.29) is 0 Å². The molecule has 0 bridgehead atoms. The molecule has 0 fully saturated rings. The van der Waals surface area contributed by atoms with Gasteiger partial charge in [-0.05, 0) is 20.0 Å². The molecule has 0 aromatic heterocycles. The van der Waals surface area contributed by atoms with Crippen LogP contribution in [0.25, 0.3) is 0 Å². The summed E-state index contributed by atoms with van der Waals surface area (Å²) in [5.74, 6) is -0.798. The Hall–Kier alpha value is -0.650. The molecule has 0 heterocycles. The summed E-state index contributed by atoms with van der Waals surface area (Å²) in [5, 5.41) is 11.9. The first kappa shape index (κ1) is 14.3. The van der Waals surface area contributed by atoms with E-state index < -0.39 is 12.0 Å². The van der Waals surface area contributed by atoms with E-state index >= 15 is 0 Å². The van der Waals surface area contributed by atoms with E-state index in [0.717, 1.165) is 19.5 Å². The van der Waals surface area contributed by atoms with Crippen LogP contribution in [0.5, 0.6) is 0 Å². The number of nitrogens with one attached hydrogen (secondary N) is 1. The van der Waals surface area contributed by atoms with Gasteiger partial charge in [-0.3, -0.25) is 4.79 Å². The number of carboxylic acid groups (broad SMARTS) is 1. The number of methoxy groups -OCH3 is 1. The summed E-state index contributed by atoms with van der Waals surface area (Å²) in [6.07, 6.45) is 0.936. The first-order valence-electron chi connectivity index (χ1n) is 5.25. The molecule has 0 amide bonds. The van der Waals surface area contributed by atoms with E-state index in [9.17, 15) is 4.79 Å².